The van der Waals surface area contributed by atoms with Crippen molar-refractivity contribution in [1.82, 2.24) is 4.98 Å². The van der Waals surface area contributed by atoms with E-state index < -0.39 is 6.36 Å². The first kappa shape index (κ1) is 22.1. The Balaban J connectivity index is 1.87. The molecule has 0 atom stereocenters. The standard InChI is InChI=1S/C23H23F4N3O2/c1-14-13-15(24)7-8-18(14)30-11-9-17-21(30)16-5-4-6-19(32-23(25,26)27)20(16)29-22(17)28-10-2-3-12-31/h4-8,13,31H,2-3,9-12H2,1H3,(H,28,29). The van der Waals surface area contributed by atoms with Crippen molar-refractivity contribution >= 4 is 28.1 Å². The molecule has 4 rings (SSSR count). The maximum Gasteiger partial charge on any atom is 0.573 e. The van der Waals surface area contributed by atoms with Crippen LogP contribution in [0.5, 0.6) is 5.75 Å². The number of nitrogens with zero attached hydrogens (tertiary/aromatic N) is 2. The van der Waals surface area contributed by atoms with Gasteiger partial charge in [0.05, 0.1) is 5.69 Å². The van der Waals surface area contributed by atoms with E-state index in [9.17, 15) is 17.6 Å². The van der Waals surface area contributed by atoms with E-state index in [2.05, 4.69) is 15.0 Å². The van der Waals surface area contributed by atoms with Crippen molar-refractivity contribution in [3.05, 3.63) is 53.3 Å². The van der Waals surface area contributed by atoms with Crippen molar-refractivity contribution in [3.63, 3.8) is 0 Å². The van der Waals surface area contributed by atoms with Crippen molar-refractivity contribution in [2.45, 2.75) is 32.5 Å². The third kappa shape index (κ3) is 4.43. The number of alkyl halides is 3. The minimum absolute atomic E-state index is 0.0616. The largest absolute Gasteiger partial charge is 0.573 e. The molecule has 2 N–H and O–H groups in total. The summed E-state index contributed by atoms with van der Waals surface area (Å²) < 4.78 is 57.0. The summed E-state index contributed by atoms with van der Waals surface area (Å²) in [6.45, 7) is 2.96. The second kappa shape index (κ2) is 8.82. The van der Waals surface area contributed by atoms with Crippen molar-refractivity contribution < 1.29 is 27.4 Å². The predicted molar refractivity (Wildman–Crippen MR) is 115 cm³/mol. The maximum atomic E-state index is 13.7. The molecule has 0 saturated heterocycles. The number of ether oxygens (including phenoxy) is 1. The molecule has 0 radical (unpaired) electrons. The van der Waals surface area contributed by atoms with E-state index in [0.717, 1.165) is 22.5 Å². The Morgan fingerprint density at radius 2 is 2.00 bits per heavy atom. The van der Waals surface area contributed by atoms with Crippen LogP contribution in [0.1, 0.15) is 24.0 Å². The molecule has 0 aliphatic carbocycles. The Morgan fingerprint density at radius 1 is 1.19 bits per heavy atom. The first-order chi connectivity index (χ1) is 15.3. The van der Waals surface area contributed by atoms with Gasteiger partial charge in [-0.2, -0.15) is 0 Å². The van der Waals surface area contributed by atoms with Crippen LogP contribution >= 0.6 is 0 Å². The minimum atomic E-state index is -4.85. The normalized spacial score (nSPS) is 13.5. The highest BCUT2D eigenvalue weighted by molar-refractivity contribution is 6.02. The molecule has 9 heteroatoms. The van der Waals surface area contributed by atoms with Crippen molar-refractivity contribution in [3.8, 4) is 5.75 Å². The van der Waals surface area contributed by atoms with Gasteiger partial charge in [-0.15, -0.1) is 13.2 Å². The van der Waals surface area contributed by atoms with Crippen LogP contribution in [0.4, 0.5) is 34.8 Å². The molecule has 0 bridgehead atoms. The van der Waals surface area contributed by atoms with Gasteiger partial charge in [-0.3, -0.25) is 0 Å². The molecule has 3 aromatic rings. The van der Waals surface area contributed by atoms with Gasteiger partial charge in [-0.05, 0) is 56.0 Å². The second-order valence-electron chi connectivity index (χ2n) is 7.68. The Hall–Kier alpha value is -3.07. The van der Waals surface area contributed by atoms with Crippen LogP contribution < -0.4 is 15.0 Å². The zero-order valence-corrected chi connectivity index (χ0v) is 17.5. The second-order valence-corrected chi connectivity index (χ2v) is 7.68. The molecule has 0 saturated carbocycles. The smallest absolute Gasteiger partial charge is 0.403 e. The van der Waals surface area contributed by atoms with E-state index in [1.54, 1.807) is 19.1 Å². The molecule has 0 fully saturated rings. The van der Waals surface area contributed by atoms with Gasteiger partial charge in [0.15, 0.2) is 5.75 Å². The predicted octanol–water partition coefficient (Wildman–Crippen LogP) is 5.46. The SMILES string of the molecule is Cc1cc(F)ccc1N1CCc2c(NCCCCO)nc3c(OC(F)(F)F)cccc3c21. The molecule has 2 aromatic carbocycles. The first-order valence-electron chi connectivity index (χ1n) is 10.4. The monoisotopic (exact) mass is 449 g/mol. The topological polar surface area (TPSA) is 57.6 Å². The molecular formula is C23H23F4N3O2. The molecule has 2 heterocycles. The lowest BCUT2D eigenvalue weighted by Gasteiger charge is -2.24. The first-order valence-corrected chi connectivity index (χ1v) is 10.4. The molecular weight excluding hydrogens is 426 g/mol. The number of nitrogens with one attached hydrogen (secondary N) is 1. The number of aryl methyl sites for hydroxylation is 1. The highest BCUT2D eigenvalue weighted by Gasteiger charge is 2.34. The number of rotatable bonds is 7. The number of aromatic nitrogens is 1. The number of anilines is 3. The number of para-hydroxylation sites is 1. The summed E-state index contributed by atoms with van der Waals surface area (Å²) in [5, 5.41) is 12.8. The highest BCUT2D eigenvalue weighted by atomic mass is 19.4. The van der Waals surface area contributed by atoms with E-state index in [0.29, 0.717) is 43.6 Å². The zero-order chi connectivity index (χ0) is 22.9. The molecule has 0 spiro atoms. The van der Waals surface area contributed by atoms with Gasteiger partial charge in [0, 0.05) is 36.3 Å². The Kier molecular flexibility index (Phi) is 6.10. The molecule has 1 aliphatic heterocycles. The summed E-state index contributed by atoms with van der Waals surface area (Å²) in [6, 6.07) is 8.95. The number of hydrogen-bond acceptors (Lipinski definition) is 5. The van der Waals surface area contributed by atoms with Crippen LogP contribution in [0.15, 0.2) is 36.4 Å². The van der Waals surface area contributed by atoms with Gasteiger partial charge < -0.3 is 20.1 Å². The number of halogens is 4. The lowest BCUT2D eigenvalue weighted by Crippen LogP contribution is -2.18. The lowest BCUT2D eigenvalue weighted by molar-refractivity contribution is -0.274. The molecule has 5 nitrogen and oxygen atoms in total. The number of aliphatic hydroxyl groups is 1. The van der Waals surface area contributed by atoms with Crippen LogP contribution in [-0.4, -0.2) is 36.1 Å². The molecule has 0 amide bonds. The lowest BCUT2D eigenvalue weighted by atomic mass is 10.1. The van der Waals surface area contributed by atoms with Gasteiger partial charge in [-0.1, -0.05) is 12.1 Å². The minimum Gasteiger partial charge on any atom is -0.403 e. The van der Waals surface area contributed by atoms with Gasteiger partial charge in [0.25, 0.3) is 0 Å². The van der Waals surface area contributed by atoms with E-state index in [1.165, 1.54) is 24.3 Å². The summed E-state index contributed by atoms with van der Waals surface area (Å²) in [5.41, 5.74) is 3.23. The third-order valence-electron chi connectivity index (χ3n) is 5.46. The number of hydrogen-bond donors (Lipinski definition) is 2. The van der Waals surface area contributed by atoms with Gasteiger partial charge in [0.1, 0.15) is 17.2 Å². The average Bonchev–Trinajstić information content (AvgIpc) is 3.16. The van der Waals surface area contributed by atoms with Crippen LogP contribution in [0.2, 0.25) is 0 Å². The van der Waals surface area contributed by atoms with Crippen LogP contribution in [-0.2, 0) is 6.42 Å². The summed E-state index contributed by atoms with van der Waals surface area (Å²) in [7, 11) is 0. The fourth-order valence-corrected chi connectivity index (χ4v) is 4.12. The number of fused-ring (bicyclic) bond motifs is 3. The quantitative estimate of drug-likeness (QED) is 0.371. The zero-order valence-electron chi connectivity index (χ0n) is 17.5. The van der Waals surface area contributed by atoms with E-state index in [1.807, 2.05) is 4.90 Å². The number of pyridine rings is 1. The van der Waals surface area contributed by atoms with Gasteiger partial charge >= 0.3 is 6.36 Å². The van der Waals surface area contributed by atoms with Gasteiger partial charge in [-0.25, -0.2) is 9.37 Å². The Labute approximate surface area is 182 Å². The third-order valence-corrected chi connectivity index (χ3v) is 5.46. The number of unbranched alkanes of at least 4 members (excludes halogenated alkanes) is 1. The van der Waals surface area contributed by atoms with Crippen LogP contribution in [0.3, 0.4) is 0 Å². The van der Waals surface area contributed by atoms with Crippen LogP contribution in [0.25, 0.3) is 10.9 Å². The highest BCUT2D eigenvalue weighted by Crippen LogP contribution is 2.45. The van der Waals surface area contributed by atoms with Crippen molar-refractivity contribution in [2.24, 2.45) is 0 Å². The van der Waals surface area contributed by atoms with E-state index in [4.69, 9.17) is 5.11 Å². The Bertz CT molecular complexity index is 1130. The summed E-state index contributed by atoms with van der Waals surface area (Å²) >= 11 is 0. The Morgan fingerprint density at radius 3 is 2.72 bits per heavy atom. The summed E-state index contributed by atoms with van der Waals surface area (Å²) in [5.74, 6) is -0.234. The van der Waals surface area contributed by atoms with E-state index in [-0.39, 0.29) is 23.7 Å². The molecule has 1 aliphatic rings. The maximum absolute atomic E-state index is 13.7. The summed E-state index contributed by atoms with van der Waals surface area (Å²) in [4.78, 5) is 6.50. The van der Waals surface area contributed by atoms with Crippen molar-refractivity contribution in [2.75, 3.05) is 29.9 Å². The molecule has 1 aromatic heterocycles. The van der Waals surface area contributed by atoms with Crippen molar-refractivity contribution in [1.29, 1.82) is 0 Å². The molecule has 170 valence electrons. The van der Waals surface area contributed by atoms with Gasteiger partial charge in [0.2, 0.25) is 0 Å². The summed E-state index contributed by atoms with van der Waals surface area (Å²) in [6.07, 6.45) is -2.93. The van der Waals surface area contributed by atoms with Crippen LogP contribution in [0, 0.1) is 12.7 Å². The van der Waals surface area contributed by atoms with E-state index >= 15 is 0 Å². The average molecular weight is 449 g/mol. The fraction of sp³-hybridized carbons (Fsp3) is 0.348. The number of aliphatic hydroxyl groups excluding tert-OH is 1. The fourth-order valence-electron chi connectivity index (χ4n) is 4.12. The molecule has 32 heavy (non-hydrogen) atoms. The number of benzene rings is 2. The molecule has 0 unspecified atom stereocenters.